The van der Waals surface area contributed by atoms with Gasteiger partial charge in [-0.3, -0.25) is 14.4 Å². The summed E-state index contributed by atoms with van der Waals surface area (Å²) in [7, 11) is 0. The molecule has 386 valence electrons. The zero-order chi connectivity index (χ0) is 48.4. The third-order valence-corrected chi connectivity index (χ3v) is 12.5. The van der Waals surface area contributed by atoms with Gasteiger partial charge in [0, 0.05) is 19.3 Å². The quantitative estimate of drug-likeness (QED) is 0.0402. The molecule has 0 aromatic carbocycles. The Bertz CT molecular complexity index is 1110. The highest BCUT2D eigenvalue weighted by Crippen LogP contribution is 2.21. The Balaban J connectivity index is 5.87. The van der Waals surface area contributed by atoms with Crippen LogP contribution in [0.15, 0.2) is 36.5 Å². The lowest BCUT2D eigenvalue weighted by Crippen LogP contribution is -2.34. The lowest BCUT2D eigenvalue weighted by atomic mass is 10.0. The summed E-state index contributed by atoms with van der Waals surface area (Å²) < 4.78 is 20.8. The van der Waals surface area contributed by atoms with E-state index in [9.17, 15) is 14.4 Å². The molecule has 0 amide bonds. The summed E-state index contributed by atoms with van der Waals surface area (Å²) in [6.45, 7) is 7.81. The molecule has 0 aliphatic rings. The van der Waals surface area contributed by atoms with Crippen LogP contribution in [-0.4, -0.2) is 70.9 Å². The Morgan fingerprint density at radius 2 is 0.636 bits per heavy atom. The molecule has 66 heavy (non-hydrogen) atoms. The van der Waals surface area contributed by atoms with Crippen LogP contribution in [0.25, 0.3) is 0 Å². The molecule has 0 aromatic rings. The smallest absolute Gasteiger partial charge is 0.303 e. The first-order valence-corrected chi connectivity index (χ1v) is 27.7. The van der Waals surface area contributed by atoms with Gasteiger partial charge in [-0.05, 0) is 96.3 Å². The Kier molecular flexibility index (Phi) is 48.5. The minimum atomic E-state index is -0.701. The normalized spacial score (nSPS) is 13.5. The zero-order valence-electron chi connectivity index (χ0n) is 43.1. The van der Waals surface area contributed by atoms with E-state index in [4.69, 9.17) is 29.5 Å². The summed E-state index contributed by atoms with van der Waals surface area (Å²) in [5.74, 6) is -2.10. The zero-order valence-corrected chi connectivity index (χ0v) is 43.1. The van der Waals surface area contributed by atoms with Gasteiger partial charge in [0.15, 0.2) is 0 Å². The first kappa shape index (κ1) is 63.5. The molecule has 0 saturated heterocycles. The maximum atomic E-state index is 10.8. The van der Waals surface area contributed by atoms with E-state index in [0.29, 0.717) is 13.2 Å². The van der Waals surface area contributed by atoms with Gasteiger partial charge in [-0.2, -0.15) is 0 Å². The maximum absolute atomic E-state index is 10.8. The minimum absolute atomic E-state index is 0.102. The molecule has 0 fully saturated rings. The highest BCUT2D eigenvalue weighted by atomic mass is 16.6. The lowest BCUT2D eigenvalue weighted by Gasteiger charge is -2.28. The fourth-order valence-electron chi connectivity index (χ4n) is 8.37. The average Bonchev–Trinajstić information content (AvgIpc) is 3.29. The molecule has 0 unspecified atom stereocenters. The molecule has 0 aliphatic heterocycles. The predicted molar refractivity (Wildman–Crippen MR) is 276 cm³/mol. The first-order valence-electron chi connectivity index (χ1n) is 27.7. The van der Waals surface area contributed by atoms with Crippen molar-refractivity contribution in [3.05, 3.63) is 36.5 Å². The molecule has 0 bridgehead atoms. The number of carboxylic acid groups (broad SMARTS) is 3. The Hall–Kier alpha value is -2.49. The molecule has 0 aromatic heterocycles. The number of rotatable bonds is 53. The van der Waals surface area contributed by atoms with E-state index in [1.165, 1.54) is 57.8 Å². The third-order valence-electron chi connectivity index (χ3n) is 12.5. The van der Waals surface area contributed by atoms with Crippen LogP contribution in [0.3, 0.4) is 0 Å². The molecule has 3 N–H and O–H groups in total. The summed E-state index contributed by atoms with van der Waals surface area (Å²) in [6, 6.07) is 0. The summed E-state index contributed by atoms with van der Waals surface area (Å²) >= 11 is 0. The second-order valence-electron chi connectivity index (χ2n) is 19.1. The van der Waals surface area contributed by atoms with Crippen molar-refractivity contribution >= 4 is 17.9 Å². The minimum Gasteiger partial charge on any atom is -0.481 e. The van der Waals surface area contributed by atoms with E-state index in [0.717, 1.165) is 173 Å². The van der Waals surface area contributed by atoms with Crippen LogP contribution < -0.4 is 0 Å². The molecule has 0 saturated carbocycles. The Labute approximate surface area is 405 Å². The maximum Gasteiger partial charge on any atom is 0.303 e. The molecular weight excluding hydrogens is 829 g/mol. The molecule has 0 rings (SSSR count). The van der Waals surface area contributed by atoms with E-state index in [1.807, 2.05) is 0 Å². The van der Waals surface area contributed by atoms with E-state index >= 15 is 0 Å². The molecular formula is C57H104O9. The SMILES string of the molecule is CCCCCC[C@H](C/C=C\CCCCCCCC(=O)O)OCC(CO[C@@H](C/C=C\CCCCCCCC(=O)O)CCCCCC)O[C@@H](C/C=C\CCCCCCCC(=O)O)CCCCCC. The van der Waals surface area contributed by atoms with Crippen LogP contribution >= 0.6 is 0 Å². The van der Waals surface area contributed by atoms with Crippen molar-refractivity contribution < 1.29 is 43.9 Å². The van der Waals surface area contributed by atoms with E-state index in [2.05, 4.69) is 57.2 Å². The summed E-state index contributed by atoms with van der Waals surface area (Å²) in [5.41, 5.74) is 0. The topological polar surface area (TPSA) is 140 Å². The number of unbranched alkanes of at least 4 members (excludes halogenated alkanes) is 24. The number of hydrogen-bond acceptors (Lipinski definition) is 6. The van der Waals surface area contributed by atoms with Crippen molar-refractivity contribution in [1.82, 2.24) is 0 Å². The number of carboxylic acids is 3. The largest absolute Gasteiger partial charge is 0.481 e. The van der Waals surface area contributed by atoms with Gasteiger partial charge in [0.25, 0.3) is 0 Å². The molecule has 0 radical (unpaired) electrons. The van der Waals surface area contributed by atoms with E-state index in [1.54, 1.807) is 0 Å². The van der Waals surface area contributed by atoms with Gasteiger partial charge in [-0.15, -0.1) is 0 Å². The van der Waals surface area contributed by atoms with Crippen LogP contribution in [0.1, 0.15) is 271 Å². The van der Waals surface area contributed by atoms with Gasteiger partial charge in [0.1, 0.15) is 6.10 Å². The van der Waals surface area contributed by atoms with Crippen molar-refractivity contribution in [2.45, 2.75) is 296 Å². The number of ether oxygens (including phenoxy) is 3. The Morgan fingerprint density at radius 3 is 0.970 bits per heavy atom. The number of allylic oxidation sites excluding steroid dienone is 3. The summed E-state index contributed by atoms with van der Waals surface area (Å²) in [5, 5.41) is 26.7. The standard InChI is InChI=1S/C57H104O9/c1-4-7-10-31-40-51(42-34-25-19-13-16-22-28-37-46-55(58)59)64-49-54(66-53(44-33-12-9-6-3)45-36-27-21-15-18-24-30-39-48-57(62)63)50-65-52(41-32-11-8-5-2)43-35-26-20-14-17-23-29-38-47-56(60)61/h25-27,34-36,51-54H,4-24,28-33,37-50H2,1-3H3,(H,58,59)(H,60,61)(H,62,63)/b34-25-,35-26-,36-27-/t51-,52-,53-/m1/s1. The van der Waals surface area contributed by atoms with Gasteiger partial charge >= 0.3 is 17.9 Å². The number of aliphatic carboxylic acids is 3. The van der Waals surface area contributed by atoms with Gasteiger partial charge in [-0.1, -0.05) is 192 Å². The van der Waals surface area contributed by atoms with Gasteiger partial charge in [0.2, 0.25) is 0 Å². The first-order chi connectivity index (χ1) is 32.2. The highest BCUT2D eigenvalue weighted by molar-refractivity contribution is 5.67. The molecule has 0 spiro atoms. The Morgan fingerprint density at radius 1 is 0.348 bits per heavy atom. The van der Waals surface area contributed by atoms with Crippen LogP contribution in [-0.2, 0) is 28.6 Å². The number of carbonyl (C=O) groups is 3. The fourth-order valence-corrected chi connectivity index (χ4v) is 8.37. The van der Waals surface area contributed by atoms with E-state index in [-0.39, 0.29) is 43.7 Å². The van der Waals surface area contributed by atoms with Crippen LogP contribution in [0.2, 0.25) is 0 Å². The van der Waals surface area contributed by atoms with Crippen LogP contribution in [0.4, 0.5) is 0 Å². The van der Waals surface area contributed by atoms with Crippen molar-refractivity contribution in [3.8, 4) is 0 Å². The molecule has 0 aliphatic carbocycles. The van der Waals surface area contributed by atoms with Crippen molar-refractivity contribution in [1.29, 1.82) is 0 Å². The lowest BCUT2D eigenvalue weighted by molar-refractivity contribution is -0.138. The predicted octanol–water partition coefficient (Wildman–Crippen LogP) is 16.7. The van der Waals surface area contributed by atoms with Crippen LogP contribution in [0.5, 0.6) is 0 Å². The molecule has 3 atom stereocenters. The average molecular weight is 933 g/mol. The second kappa shape index (κ2) is 50.4. The second-order valence-corrected chi connectivity index (χ2v) is 19.1. The fraction of sp³-hybridized carbons (Fsp3) is 0.842. The summed E-state index contributed by atoms with van der Waals surface area (Å²) in [6.07, 6.45) is 53.7. The van der Waals surface area contributed by atoms with E-state index < -0.39 is 17.9 Å². The molecule has 9 nitrogen and oxygen atoms in total. The van der Waals surface area contributed by atoms with Crippen molar-refractivity contribution in [3.63, 3.8) is 0 Å². The van der Waals surface area contributed by atoms with Gasteiger partial charge < -0.3 is 29.5 Å². The summed E-state index contributed by atoms with van der Waals surface area (Å²) in [4.78, 5) is 32.5. The number of hydrogen-bond donors (Lipinski definition) is 3. The van der Waals surface area contributed by atoms with Crippen LogP contribution in [0, 0.1) is 0 Å². The highest BCUT2D eigenvalue weighted by Gasteiger charge is 2.21. The molecule has 0 heterocycles. The molecule has 9 heteroatoms. The third kappa shape index (κ3) is 48.0. The van der Waals surface area contributed by atoms with Gasteiger partial charge in [-0.25, -0.2) is 0 Å². The van der Waals surface area contributed by atoms with Crippen molar-refractivity contribution in [2.75, 3.05) is 13.2 Å². The van der Waals surface area contributed by atoms with Crippen molar-refractivity contribution in [2.24, 2.45) is 0 Å². The monoisotopic (exact) mass is 933 g/mol. The van der Waals surface area contributed by atoms with Gasteiger partial charge in [0.05, 0.1) is 31.5 Å².